The summed E-state index contributed by atoms with van der Waals surface area (Å²) in [7, 11) is 0. The van der Waals surface area contributed by atoms with E-state index in [1.54, 1.807) is 0 Å². The fourth-order valence-corrected chi connectivity index (χ4v) is 5.46. The molecular weight excluding hydrogens is 387 g/mol. The Bertz CT molecular complexity index is 689. The van der Waals surface area contributed by atoms with Gasteiger partial charge >= 0.3 is 148 Å². The molecule has 1 aliphatic carbocycles. The molecule has 25 heavy (non-hydrogen) atoms. The Labute approximate surface area is 172 Å². The van der Waals surface area contributed by atoms with Crippen LogP contribution in [0.4, 0.5) is 0 Å². The van der Waals surface area contributed by atoms with E-state index >= 15 is 0 Å². The predicted molar refractivity (Wildman–Crippen MR) is 112 cm³/mol. The van der Waals surface area contributed by atoms with Gasteiger partial charge in [0.2, 0.25) is 0 Å². The van der Waals surface area contributed by atoms with E-state index in [-0.39, 0.29) is 35.6 Å². The van der Waals surface area contributed by atoms with E-state index in [1.807, 2.05) is 0 Å². The summed E-state index contributed by atoms with van der Waals surface area (Å²) in [5.41, 5.74) is 4.33. The van der Waals surface area contributed by atoms with E-state index in [4.69, 9.17) is 3.32 Å². The first-order valence-corrected chi connectivity index (χ1v) is 10.9. The van der Waals surface area contributed by atoms with Crippen LogP contribution >= 0.6 is 24.8 Å². The molecule has 0 bridgehead atoms. The number of rotatable bonds is 3. The van der Waals surface area contributed by atoms with Crippen molar-refractivity contribution in [2.75, 3.05) is 0 Å². The van der Waals surface area contributed by atoms with E-state index in [1.165, 1.54) is 20.6 Å². The normalized spacial score (nSPS) is 14.0. The van der Waals surface area contributed by atoms with E-state index in [2.05, 4.69) is 83.6 Å². The summed E-state index contributed by atoms with van der Waals surface area (Å²) in [5.74, 6) is 0.993. The monoisotopic (exact) mass is 418 g/mol. The number of benzene rings is 1. The summed E-state index contributed by atoms with van der Waals surface area (Å²) in [6, 6.07) is 6.60. The maximum atomic E-state index is 6.40. The van der Waals surface area contributed by atoms with Crippen LogP contribution in [-0.2, 0) is 23.2 Å². The summed E-state index contributed by atoms with van der Waals surface area (Å²) in [6.45, 7) is 15.7. The van der Waals surface area contributed by atoms with Gasteiger partial charge in [-0.05, 0) is 0 Å². The molecule has 0 fully saturated rings. The predicted octanol–water partition coefficient (Wildman–Crippen LogP) is 6.74. The van der Waals surface area contributed by atoms with Gasteiger partial charge in [0.25, 0.3) is 0 Å². The summed E-state index contributed by atoms with van der Waals surface area (Å²) < 4.78 is 7.87. The number of halogens is 2. The third-order valence-electron chi connectivity index (χ3n) is 4.23. The van der Waals surface area contributed by atoms with Gasteiger partial charge in [-0.3, -0.25) is 0 Å². The zero-order valence-electron chi connectivity index (χ0n) is 16.5. The molecule has 0 N–H and O–H groups in total. The van der Waals surface area contributed by atoms with Crippen LogP contribution in [0, 0.1) is 12.3 Å². The second-order valence-corrected chi connectivity index (χ2v) is 11.1. The molecule has 0 aliphatic heterocycles. The molecule has 0 aromatic heterocycles. The second kappa shape index (κ2) is 9.04. The Hall–Kier alpha value is -0.336. The van der Waals surface area contributed by atoms with Crippen LogP contribution in [0.1, 0.15) is 59.1 Å². The van der Waals surface area contributed by atoms with Gasteiger partial charge < -0.3 is 0 Å². The van der Waals surface area contributed by atoms with Gasteiger partial charge in [0.05, 0.1) is 0 Å². The van der Waals surface area contributed by atoms with Crippen molar-refractivity contribution in [2.24, 2.45) is 5.41 Å². The fourth-order valence-electron chi connectivity index (χ4n) is 2.92. The van der Waals surface area contributed by atoms with E-state index in [0.717, 1.165) is 12.2 Å². The van der Waals surface area contributed by atoms with Crippen LogP contribution in [0.2, 0.25) is 0 Å². The molecule has 140 valence electrons. The molecule has 1 nitrogen and oxygen atoms in total. The van der Waals surface area contributed by atoms with E-state index < -0.39 is 17.8 Å². The summed E-state index contributed by atoms with van der Waals surface area (Å²) >= 11 is -1.97. The molecule has 0 saturated carbocycles. The minimum atomic E-state index is -1.97. The number of hydrogen-bond donors (Lipinski definition) is 0. The standard InChI is InChI=1S/C11H16O.C9H13.CH2.2ClH.Ti/c1-8-5-9(11(2,3)4)7-10(12)6-8;1-9(2,3)8-6-4-5-7-8;;;;/h5-7,12H,1-4H3;4,6H,5H2,1-3H3;1H2;2*1H;/q;;;;;+1/p-1. The number of aryl methyl sites for hydroxylation is 1. The van der Waals surface area contributed by atoms with Crippen molar-refractivity contribution < 1.29 is 21.1 Å². The van der Waals surface area contributed by atoms with Crippen molar-refractivity contribution >= 4 is 29.6 Å². The summed E-state index contributed by atoms with van der Waals surface area (Å²) in [6.07, 6.45) is 5.55. The van der Waals surface area contributed by atoms with Crippen LogP contribution in [0.5, 0.6) is 5.75 Å². The average molecular weight is 419 g/mol. The van der Waals surface area contributed by atoms with Crippen LogP contribution in [0.15, 0.2) is 39.8 Å². The maximum absolute atomic E-state index is 6.40. The van der Waals surface area contributed by atoms with Crippen LogP contribution in [0.25, 0.3) is 0 Å². The third-order valence-corrected chi connectivity index (χ3v) is 6.78. The average Bonchev–Trinajstić information content (AvgIpc) is 2.85. The van der Waals surface area contributed by atoms with Crippen molar-refractivity contribution in [2.45, 2.75) is 60.3 Å². The number of allylic oxidation sites excluding steroid dienone is 4. The Balaban J connectivity index is 0.00000288. The van der Waals surface area contributed by atoms with E-state index in [9.17, 15) is 0 Å². The molecule has 0 heterocycles. The quantitative estimate of drug-likeness (QED) is 0.493. The Morgan fingerprint density at radius 2 is 1.56 bits per heavy atom. The number of hydrogen-bond acceptors (Lipinski definition) is 1. The van der Waals surface area contributed by atoms with Gasteiger partial charge in [0.1, 0.15) is 0 Å². The van der Waals surface area contributed by atoms with E-state index in [0.29, 0.717) is 0 Å². The van der Waals surface area contributed by atoms with Crippen LogP contribution in [-0.4, -0.2) is 4.82 Å². The molecule has 0 spiro atoms. The zero-order chi connectivity index (χ0) is 17.4. The SMILES string of the molecule is Cl.Cl.[CH2]=[Ti]([O]c1cc(C)cc(C(C)(C)C)c1)[C]1=C(C(C)(C)C)C=CC1. The van der Waals surface area contributed by atoms with Gasteiger partial charge in [0.15, 0.2) is 0 Å². The molecule has 0 atom stereocenters. The third kappa shape index (κ3) is 6.40. The van der Waals surface area contributed by atoms with Gasteiger partial charge in [-0.25, -0.2) is 0 Å². The molecule has 1 aromatic carbocycles. The van der Waals surface area contributed by atoms with Gasteiger partial charge in [-0.15, -0.1) is 24.8 Å². The molecule has 1 aromatic rings. The topological polar surface area (TPSA) is 9.23 Å². The molecule has 1 aliphatic rings. The Morgan fingerprint density at radius 3 is 2.08 bits per heavy atom. The first-order valence-electron chi connectivity index (χ1n) is 8.38. The van der Waals surface area contributed by atoms with Crippen LogP contribution < -0.4 is 3.32 Å². The fraction of sp³-hybridized carbons (Fsp3) is 0.476. The second-order valence-electron chi connectivity index (χ2n) is 8.56. The molecule has 2 rings (SSSR count). The Kier molecular flexibility index (Phi) is 8.92. The summed E-state index contributed by atoms with van der Waals surface area (Å²) in [4.78, 5) is 4.45. The molecule has 0 saturated heterocycles. The zero-order valence-corrected chi connectivity index (χ0v) is 19.7. The van der Waals surface area contributed by atoms with Crippen molar-refractivity contribution in [1.29, 1.82) is 0 Å². The van der Waals surface area contributed by atoms with Crippen molar-refractivity contribution in [1.82, 2.24) is 0 Å². The van der Waals surface area contributed by atoms with Gasteiger partial charge in [0, 0.05) is 0 Å². The first kappa shape index (κ1) is 24.7. The van der Waals surface area contributed by atoms with Crippen molar-refractivity contribution in [3.8, 4) is 5.75 Å². The molecule has 0 amide bonds. The first-order chi connectivity index (χ1) is 10.5. The molecule has 4 heteroatoms. The Morgan fingerprint density at radius 1 is 0.960 bits per heavy atom. The van der Waals surface area contributed by atoms with Crippen LogP contribution in [0.3, 0.4) is 0 Å². The minimum absolute atomic E-state index is 0. The summed E-state index contributed by atoms with van der Waals surface area (Å²) in [5, 5.41) is 0. The van der Waals surface area contributed by atoms with Gasteiger partial charge in [-0.2, -0.15) is 0 Å². The molecule has 0 radical (unpaired) electrons. The van der Waals surface area contributed by atoms with Gasteiger partial charge in [-0.1, -0.05) is 0 Å². The van der Waals surface area contributed by atoms with Crippen molar-refractivity contribution in [3.05, 3.63) is 50.9 Å². The van der Waals surface area contributed by atoms with Crippen molar-refractivity contribution in [3.63, 3.8) is 0 Å². The molecule has 0 unspecified atom stereocenters. The molecular formula is C21H32Cl2OTi.